The largest absolute Gasteiger partial charge is 0.489 e. The third-order valence-corrected chi connectivity index (χ3v) is 5.21. The van der Waals surface area contributed by atoms with E-state index in [-0.39, 0.29) is 11.3 Å². The zero-order chi connectivity index (χ0) is 18.7. The summed E-state index contributed by atoms with van der Waals surface area (Å²) in [6.45, 7) is 7.14. The molecular weight excluding hydrogens is 362 g/mol. The van der Waals surface area contributed by atoms with Crippen LogP contribution in [0.3, 0.4) is 0 Å². The maximum Gasteiger partial charge on any atom is 0.263 e. The number of rotatable bonds is 4. The summed E-state index contributed by atoms with van der Waals surface area (Å²) in [5.74, 6) is 0.658. The van der Waals surface area contributed by atoms with Crippen molar-refractivity contribution < 1.29 is 9.53 Å². The second kappa shape index (κ2) is 7.64. The van der Waals surface area contributed by atoms with Crippen LogP contribution in [-0.4, -0.2) is 10.2 Å². The van der Waals surface area contributed by atoms with Crippen molar-refractivity contribution in [2.24, 2.45) is 0 Å². The first-order valence-electron chi connectivity index (χ1n) is 8.38. The number of amides is 1. The van der Waals surface area contributed by atoms with E-state index in [0.717, 1.165) is 16.9 Å². The SMILES string of the molecule is CC(C)(C)c1ccc(COc2ccc(/C=C3/SC(=S)NC3=O)cc2)cc1. The summed E-state index contributed by atoms with van der Waals surface area (Å²) in [6, 6.07) is 16.2. The predicted molar refractivity (Wildman–Crippen MR) is 112 cm³/mol. The summed E-state index contributed by atoms with van der Waals surface area (Å²) in [7, 11) is 0. The molecule has 0 radical (unpaired) electrons. The van der Waals surface area contributed by atoms with Gasteiger partial charge in [0.25, 0.3) is 5.91 Å². The van der Waals surface area contributed by atoms with Gasteiger partial charge in [0.05, 0.1) is 4.91 Å². The molecule has 2 aromatic rings. The number of nitrogens with one attached hydrogen (secondary N) is 1. The van der Waals surface area contributed by atoms with Crippen LogP contribution in [0.2, 0.25) is 0 Å². The molecule has 26 heavy (non-hydrogen) atoms. The van der Waals surface area contributed by atoms with E-state index in [9.17, 15) is 4.79 Å². The van der Waals surface area contributed by atoms with Crippen molar-refractivity contribution in [3.05, 3.63) is 70.1 Å². The molecular formula is C21H21NO2S2. The van der Waals surface area contributed by atoms with Crippen molar-refractivity contribution >= 4 is 40.3 Å². The normalized spacial score (nSPS) is 16.0. The molecule has 3 nitrogen and oxygen atoms in total. The average Bonchev–Trinajstić information content (AvgIpc) is 2.91. The molecule has 1 N–H and O–H groups in total. The Morgan fingerprint density at radius 3 is 2.27 bits per heavy atom. The highest BCUT2D eigenvalue weighted by atomic mass is 32.2. The fourth-order valence-electron chi connectivity index (χ4n) is 2.50. The minimum atomic E-state index is -0.140. The number of carbonyl (C=O) groups excluding carboxylic acids is 1. The van der Waals surface area contributed by atoms with Crippen molar-refractivity contribution in [1.82, 2.24) is 5.32 Å². The fraction of sp³-hybridized carbons (Fsp3) is 0.238. The van der Waals surface area contributed by atoms with Gasteiger partial charge in [-0.3, -0.25) is 4.79 Å². The van der Waals surface area contributed by atoms with Crippen molar-refractivity contribution in [3.8, 4) is 5.75 Å². The molecule has 0 spiro atoms. The molecule has 1 amide bonds. The number of hydrogen-bond donors (Lipinski definition) is 1. The van der Waals surface area contributed by atoms with E-state index in [1.165, 1.54) is 17.3 Å². The Kier molecular flexibility index (Phi) is 5.49. The molecule has 0 aliphatic carbocycles. The second-order valence-corrected chi connectivity index (χ2v) is 8.88. The van der Waals surface area contributed by atoms with E-state index >= 15 is 0 Å². The van der Waals surface area contributed by atoms with Crippen molar-refractivity contribution in [2.45, 2.75) is 32.8 Å². The Hall–Kier alpha value is -2.11. The minimum Gasteiger partial charge on any atom is -0.489 e. The van der Waals surface area contributed by atoms with E-state index < -0.39 is 0 Å². The molecule has 1 fully saturated rings. The molecule has 134 valence electrons. The summed E-state index contributed by atoms with van der Waals surface area (Å²) in [6.07, 6.45) is 1.83. The predicted octanol–water partition coefficient (Wildman–Crippen LogP) is 5.05. The lowest BCUT2D eigenvalue weighted by Gasteiger charge is -2.19. The maximum absolute atomic E-state index is 11.7. The molecule has 0 saturated carbocycles. The van der Waals surface area contributed by atoms with Gasteiger partial charge in [-0.15, -0.1) is 0 Å². The van der Waals surface area contributed by atoms with Crippen LogP contribution < -0.4 is 10.1 Å². The Morgan fingerprint density at radius 1 is 1.08 bits per heavy atom. The van der Waals surface area contributed by atoms with Crippen LogP contribution in [0.5, 0.6) is 5.75 Å². The highest BCUT2D eigenvalue weighted by Crippen LogP contribution is 2.27. The molecule has 1 aliphatic heterocycles. The zero-order valence-electron chi connectivity index (χ0n) is 15.0. The van der Waals surface area contributed by atoms with Gasteiger partial charge in [-0.05, 0) is 40.3 Å². The number of hydrogen-bond acceptors (Lipinski definition) is 4. The standard InChI is InChI=1S/C21H21NO2S2/c1-21(2,3)16-8-4-15(5-9-16)13-24-17-10-6-14(7-11-17)12-18-19(23)22-20(25)26-18/h4-12H,13H2,1-3H3,(H,22,23,25)/b18-12+. The molecule has 2 aromatic carbocycles. The first-order valence-corrected chi connectivity index (χ1v) is 9.61. The van der Waals surface area contributed by atoms with E-state index in [1.54, 1.807) is 0 Å². The zero-order valence-corrected chi connectivity index (χ0v) is 16.7. The third-order valence-electron chi connectivity index (χ3n) is 4.05. The molecule has 5 heteroatoms. The summed E-state index contributed by atoms with van der Waals surface area (Å²) >= 11 is 6.27. The number of thiocarbonyl (C=S) groups is 1. The van der Waals surface area contributed by atoms with E-state index in [2.05, 4.69) is 50.4 Å². The first kappa shape index (κ1) is 18.7. The monoisotopic (exact) mass is 383 g/mol. The van der Waals surface area contributed by atoms with Crippen molar-refractivity contribution in [3.63, 3.8) is 0 Å². The summed E-state index contributed by atoms with van der Waals surface area (Å²) in [5, 5.41) is 2.61. The lowest BCUT2D eigenvalue weighted by atomic mass is 9.87. The molecule has 0 bridgehead atoms. The van der Waals surface area contributed by atoms with Crippen LogP contribution in [0, 0.1) is 0 Å². The van der Waals surface area contributed by atoms with E-state index in [0.29, 0.717) is 15.8 Å². The van der Waals surface area contributed by atoms with Crippen molar-refractivity contribution in [2.75, 3.05) is 0 Å². The Bertz CT molecular complexity index is 847. The number of thioether (sulfide) groups is 1. The molecule has 0 atom stereocenters. The van der Waals surface area contributed by atoms with Gasteiger partial charge in [0.2, 0.25) is 0 Å². The Labute approximate surface area is 163 Å². The average molecular weight is 384 g/mol. The summed E-state index contributed by atoms with van der Waals surface area (Å²) < 4.78 is 6.35. The quantitative estimate of drug-likeness (QED) is 0.592. The number of carbonyl (C=O) groups is 1. The fourth-order valence-corrected chi connectivity index (χ4v) is 3.54. The third kappa shape index (κ3) is 4.74. The van der Waals surface area contributed by atoms with Gasteiger partial charge in [-0.25, -0.2) is 0 Å². The minimum absolute atomic E-state index is 0.140. The van der Waals surface area contributed by atoms with Crippen LogP contribution in [0.25, 0.3) is 6.08 Å². The summed E-state index contributed by atoms with van der Waals surface area (Å²) in [4.78, 5) is 12.3. The van der Waals surface area contributed by atoms with Crippen LogP contribution in [0.4, 0.5) is 0 Å². The van der Waals surface area contributed by atoms with Gasteiger partial charge in [0.15, 0.2) is 0 Å². The van der Waals surface area contributed by atoms with E-state index in [4.69, 9.17) is 17.0 Å². The summed E-state index contributed by atoms with van der Waals surface area (Å²) in [5.41, 5.74) is 3.54. The van der Waals surface area contributed by atoms with Crippen molar-refractivity contribution in [1.29, 1.82) is 0 Å². The molecule has 1 aliphatic rings. The Morgan fingerprint density at radius 2 is 1.73 bits per heavy atom. The highest BCUT2D eigenvalue weighted by Gasteiger charge is 2.21. The Balaban J connectivity index is 1.60. The van der Waals surface area contributed by atoms with Gasteiger partial charge in [-0.1, -0.05) is 81.1 Å². The smallest absolute Gasteiger partial charge is 0.263 e. The van der Waals surface area contributed by atoms with Crippen LogP contribution in [-0.2, 0) is 16.8 Å². The van der Waals surface area contributed by atoms with E-state index in [1.807, 2.05) is 30.3 Å². The molecule has 3 rings (SSSR count). The molecule has 1 heterocycles. The van der Waals surface area contributed by atoms with Gasteiger partial charge in [0.1, 0.15) is 16.7 Å². The molecule has 0 unspecified atom stereocenters. The maximum atomic E-state index is 11.7. The molecule has 0 aromatic heterocycles. The lowest BCUT2D eigenvalue weighted by molar-refractivity contribution is -0.115. The highest BCUT2D eigenvalue weighted by molar-refractivity contribution is 8.26. The number of ether oxygens (including phenoxy) is 1. The van der Waals surface area contributed by atoms with Gasteiger partial charge in [-0.2, -0.15) is 0 Å². The van der Waals surface area contributed by atoms with Crippen LogP contribution >= 0.6 is 24.0 Å². The van der Waals surface area contributed by atoms with Crippen LogP contribution in [0.15, 0.2) is 53.4 Å². The van der Waals surface area contributed by atoms with Crippen LogP contribution in [0.1, 0.15) is 37.5 Å². The molecule has 1 saturated heterocycles. The first-order chi connectivity index (χ1) is 12.3. The van der Waals surface area contributed by atoms with Gasteiger partial charge >= 0.3 is 0 Å². The number of benzene rings is 2. The van der Waals surface area contributed by atoms with Gasteiger partial charge in [0, 0.05) is 0 Å². The van der Waals surface area contributed by atoms with Gasteiger partial charge < -0.3 is 10.1 Å². The second-order valence-electron chi connectivity index (χ2n) is 7.16. The topological polar surface area (TPSA) is 38.3 Å². The lowest BCUT2D eigenvalue weighted by Crippen LogP contribution is -2.17.